The van der Waals surface area contributed by atoms with E-state index in [2.05, 4.69) is 20.3 Å². The van der Waals surface area contributed by atoms with Crippen molar-refractivity contribution in [2.24, 2.45) is 0 Å². The largest absolute Gasteiger partial charge is 0.306 e. The highest BCUT2D eigenvalue weighted by Crippen LogP contribution is 2.25. The fourth-order valence-electron chi connectivity index (χ4n) is 3.66. The van der Waals surface area contributed by atoms with E-state index >= 15 is 0 Å². The second-order valence-corrected chi connectivity index (χ2v) is 7.95. The first-order valence-electron chi connectivity index (χ1n) is 10.4. The summed E-state index contributed by atoms with van der Waals surface area (Å²) >= 11 is 6.13. The van der Waals surface area contributed by atoms with Crippen LogP contribution in [0.25, 0.3) is 22.2 Å². The van der Waals surface area contributed by atoms with Gasteiger partial charge in [0.1, 0.15) is 12.1 Å². The summed E-state index contributed by atoms with van der Waals surface area (Å²) in [7, 11) is 0. The van der Waals surface area contributed by atoms with E-state index in [9.17, 15) is 4.79 Å². The highest BCUT2D eigenvalue weighted by atomic mass is 35.5. The van der Waals surface area contributed by atoms with Crippen LogP contribution in [-0.4, -0.2) is 30.9 Å². The minimum atomic E-state index is -0.125. The van der Waals surface area contributed by atoms with Crippen molar-refractivity contribution < 1.29 is 4.79 Å². The number of rotatable bonds is 6. The number of nitrogens with zero attached hydrogens (tertiary/aromatic N) is 6. The van der Waals surface area contributed by atoms with E-state index in [1.807, 2.05) is 72.9 Å². The van der Waals surface area contributed by atoms with Crippen LogP contribution in [0.3, 0.4) is 0 Å². The molecule has 0 aliphatic heterocycles. The van der Waals surface area contributed by atoms with Gasteiger partial charge in [-0.2, -0.15) is 0 Å². The number of hydrogen-bond acceptors (Lipinski definition) is 5. The Morgan fingerprint density at radius 3 is 2.55 bits per heavy atom. The predicted octanol–water partition coefficient (Wildman–Crippen LogP) is 4.78. The molecule has 0 bridgehead atoms. The quantitative estimate of drug-likeness (QED) is 0.369. The van der Waals surface area contributed by atoms with Gasteiger partial charge in [0.15, 0.2) is 0 Å². The van der Waals surface area contributed by atoms with Crippen molar-refractivity contribution in [1.29, 1.82) is 0 Å². The molecule has 1 amide bonds. The molecule has 0 radical (unpaired) electrons. The lowest BCUT2D eigenvalue weighted by Crippen LogP contribution is -2.33. The fraction of sp³-hybridized carbons (Fsp3) is 0.0800. The summed E-state index contributed by atoms with van der Waals surface area (Å²) in [5.74, 6) is -0.125. The Kier molecular flexibility index (Phi) is 5.78. The molecule has 0 saturated heterocycles. The van der Waals surface area contributed by atoms with Crippen molar-refractivity contribution in [3.05, 3.63) is 102 Å². The van der Waals surface area contributed by atoms with Crippen LogP contribution in [0.15, 0.2) is 91.5 Å². The van der Waals surface area contributed by atoms with Crippen LogP contribution in [0.5, 0.6) is 0 Å². The molecule has 0 N–H and O–H groups in total. The predicted molar refractivity (Wildman–Crippen MR) is 128 cm³/mol. The molecular weight excluding hydrogens is 436 g/mol. The fourth-order valence-corrected chi connectivity index (χ4v) is 3.86. The van der Waals surface area contributed by atoms with E-state index in [-0.39, 0.29) is 12.5 Å². The summed E-state index contributed by atoms with van der Waals surface area (Å²) in [6.45, 7) is 0.379. The lowest BCUT2D eigenvalue weighted by molar-refractivity contribution is -0.119. The SMILES string of the molecule is O=C(Cn1nnc2ccccc21)N(Cc1cncc(Cl)c1)c1ccc(-c2cccnc2)cc1. The van der Waals surface area contributed by atoms with Gasteiger partial charge in [0.2, 0.25) is 5.91 Å². The molecule has 0 unspecified atom stereocenters. The number of halogens is 1. The zero-order valence-electron chi connectivity index (χ0n) is 17.5. The highest BCUT2D eigenvalue weighted by molar-refractivity contribution is 6.30. The molecule has 162 valence electrons. The molecule has 3 aromatic heterocycles. The van der Waals surface area contributed by atoms with Gasteiger partial charge in [-0.15, -0.1) is 5.10 Å². The van der Waals surface area contributed by atoms with Gasteiger partial charge in [-0.1, -0.05) is 47.1 Å². The molecule has 0 saturated carbocycles. The molecule has 0 aliphatic carbocycles. The first-order chi connectivity index (χ1) is 16.2. The van der Waals surface area contributed by atoms with Gasteiger partial charge in [0.25, 0.3) is 0 Å². The van der Waals surface area contributed by atoms with Crippen molar-refractivity contribution in [2.45, 2.75) is 13.1 Å². The van der Waals surface area contributed by atoms with Gasteiger partial charge in [-0.3, -0.25) is 14.8 Å². The number of anilines is 1. The summed E-state index contributed by atoms with van der Waals surface area (Å²) < 4.78 is 1.62. The number of aromatic nitrogens is 5. The lowest BCUT2D eigenvalue weighted by Gasteiger charge is -2.23. The molecule has 0 spiro atoms. The first-order valence-corrected chi connectivity index (χ1v) is 10.7. The number of benzene rings is 2. The van der Waals surface area contributed by atoms with Crippen molar-refractivity contribution >= 4 is 34.2 Å². The molecule has 8 heteroatoms. The zero-order valence-corrected chi connectivity index (χ0v) is 18.3. The van der Waals surface area contributed by atoms with Crippen molar-refractivity contribution in [1.82, 2.24) is 25.0 Å². The molecule has 7 nitrogen and oxygen atoms in total. The standard InChI is InChI=1S/C25H19ClN6O/c26-21-12-18(13-28-15-21)16-31(22-9-7-19(8-10-22)20-4-3-11-27-14-20)25(33)17-32-24-6-2-1-5-23(24)29-30-32/h1-15H,16-17H2. The Labute approximate surface area is 195 Å². The normalized spacial score (nSPS) is 10.9. The van der Waals surface area contributed by atoms with E-state index in [1.54, 1.807) is 28.2 Å². The Hall–Kier alpha value is -4.10. The maximum atomic E-state index is 13.5. The molecule has 5 rings (SSSR count). The van der Waals surface area contributed by atoms with Crippen molar-refractivity contribution in [3.63, 3.8) is 0 Å². The monoisotopic (exact) mass is 454 g/mol. The number of pyridine rings is 2. The Bertz CT molecular complexity index is 1400. The smallest absolute Gasteiger partial charge is 0.249 e. The maximum Gasteiger partial charge on any atom is 0.249 e. The number of carbonyl (C=O) groups excluding carboxylic acids is 1. The summed E-state index contributed by atoms with van der Waals surface area (Å²) in [5, 5.41) is 8.84. The van der Waals surface area contributed by atoms with Crippen LogP contribution in [0, 0.1) is 0 Å². The van der Waals surface area contributed by atoms with Gasteiger partial charge in [-0.05, 0) is 53.1 Å². The third kappa shape index (κ3) is 4.58. The molecule has 5 aromatic rings. The Balaban J connectivity index is 1.46. The molecular formula is C25H19ClN6O. The molecule has 0 fully saturated rings. The van der Waals surface area contributed by atoms with E-state index < -0.39 is 0 Å². The minimum Gasteiger partial charge on any atom is -0.306 e. The second-order valence-electron chi connectivity index (χ2n) is 7.52. The average Bonchev–Trinajstić information content (AvgIpc) is 3.26. The van der Waals surface area contributed by atoms with Crippen molar-refractivity contribution in [2.75, 3.05) is 4.90 Å². The number of carbonyl (C=O) groups is 1. The van der Waals surface area contributed by atoms with Crippen LogP contribution in [0.2, 0.25) is 5.02 Å². The topological polar surface area (TPSA) is 76.8 Å². The molecule has 33 heavy (non-hydrogen) atoms. The van der Waals surface area contributed by atoms with Crippen LogP contribution in [0.4, 0.5) is 5.69 Å². The number of hydrogen-bond donors (Lipinski definition) is 0. The summed E-state index contributed by atoms with van der Waals surface area (Å²) in [4.78, 5) is 23.5. The summed E-state index contributed by atoms with van der Waals surface area (Å²) in [5.41, 5.74) is 5.17. The Morgan fingerprint density at radius 2 is 1.76 bits per heavy atom. The van der Waals surface area contributed by atoms with Crippen LogP contribution >= 0.6 is 11.6 Å². The molecule has 3 heterocycles. The second kappa shape index (κ2) is 9.18. The van der Waals surface area contributed by atoms with E-state index in [1.165, 1.54) is 0 Å². The van der Waals surface area contributed by atoms with Gasteiger partial charge in [0.05, 0.1) is 17.1 Å². The van der Waals surface area contributed by atoms with Crippen LogP contribution in [0.1, 0.15) is 5.56 Å². The van der Waals surface area contributed by atoms with Gasteiger partial charge in [-0.25, -0.2) is 4.68 Å². The molecule has 2 aromatic carbocycles. The average molecular weight is 455 g/mol. The zero-order chi connectivity index (χ0) is 22.6. The number of para-hydroxylation sites is 1. The third-order valence-electron chi connectivity index (χ3n) is 5.28. The number of amides is 1. The third-order valence-corrected chi connectivity index (χ3v) is 5.49. The van der Waals surface area contributed by atoms with Crippen LogP contribution in [-0.2, 0) is 17.9 Å². The van der Waals surface area contributed by atoms with E-state index in [4.69, 9.17) is 11.6 Å². The maximum absolute atomic E-state index is 13.5. The number of fused-ring (bicyclic) bond motifs is 1. The molecule has 0 atom stereocenters. The Morgan fingerprint density at radius 1 is 0.909 bits per heavy atom. The van der Waals surface area contributed by atoms with Gasteiger partial charge < -0.3 is 4.90 Å². The highest BCUT2D eigenvalue weighted by Gasteiger charge is 2.19. The van der Waals surface area contributed by atoms with Crippen molar-refractivity contribution in [3.8, 4) is 11.1 Å². The van der Waals surface area contributed by atoms with Crippen LogP contribution < -0.4 is 4.90 Å². The summed E-state index contributed by atoms with van der Waals surface area (Å²) in [6, 6.07) is 21.1. The minimum absolute atomic E-state index is 0.0544. The van der Waals surface area contributed by atoms with E-state index in [0.717, 1.165) is 33.4 Å². The van der Waals surface area contributed by atoms with E-state index in [0.29, 0.717) is 11.6 Å². The first kappa shape index (κ1) is 20.8. The van der Waals surface area contributed by atoms with Gasteiger partial charge >= 0.3 is 0 Å². The molecule has 0 aliphatic rings. The van der Waals surface area contributed by atoms with Gasteiger partial charge in [0, 0.05) is 30.5 Å². The summed E-state index contributed by atoms with van der Waals surface area (Å²) in [6.07, 6.45) is 6.83. The lowest BCUT2D eigenvalue weighted by atomic mass is 10.1.